The summed E-state index contributed by atoms with van der Waals surface area (Å²) in [7, 11) is 0. The van der Waals surface area contributed by atoms with Gasteiger partial charge in [-0.3, -0.25) is 4.79 Å². The lowest BCUT2D eigenvalue weighted by molar-refractivity contribution is -0.137. The predicted molar refractivity (Wildman–Crippen MR) is 123 cm³/mol. The van der Waals surface area contributed by atoms with E-state index in [1.165, 1.54) is 23.8 Å². The number of hydrogen-bond acceptors (Lipinski definition) is 2. The molecule has 1 unspecified atom stereocenters. The first-order valence-corrected chi connectivity index (χ1v) is 10.7. The third-order valence-electron chi connectivity index (χ3n) is 5.79. The van der Waals surface area contributed by atoms with Crippen molar-refractivity contribution in [3.05, 3.63) is 101 Å². The van der Waals surface area contributed by atoms with Crippen LogP contribution in [0.5, 0.6) is 5.75 Å². The highest BCUT2D eigenvalue weighted by atomic mass is 19.4. The van der Waals surface area contributed by atoms with Crippen LogP contribution in [0.1, 0.15) is 46.0 Å². The Morgan fingerprint density at radius 1 is 1.03 bits per heavy atom. The number of nitrogens with one attached hydrogen (secondary N) is 1. The van der Waals surface area contributed by atoms with Crippen LogP contribution in [0.15, 0.2) is 72.8 Å². The van der Waals surface area contributed by atoms with Gasteiger partial charge in [-0.25, -0.2) is 0 Å². The van der Waals surface area contributed by atoms with E-state index in [0.29, 0.717) is 17.0 Å². The molecule has 0 spiro atoms. The maximum atomic E-state index is 13.3. The van der Waals surface area contributed by atoms with Crippen molar-refractivity contribution in [1.29, 1.82) is 0 Å². The largest absolute Gasteiger partial charge is 0.483 e. The second kappa shape index (κ2) is 8.77. The number of alkyl halides is 3. The van der Waals surface area contributed by atoms with E-state index in [1.807, 2.05) is 43.3 Å². The number of amides is 1. The molecule has 1 heterocycles. The van der Waals surface area contributed by atoms with Gasteiger partial charge in [0.1, 0.15) is 11.4 Å². The summed E-state index contributed by atoms with van der Waals surface area (Å²) in [5.41, 5.74) is 1.28. The summed E-state index contributed by atoms with van der Waals surface area (Å²) in [5, 5.41) is 2.63. The zero-order valence-electron chi connectivity index (χ0n) is 18.4. The Morgan fingerprint density at radius 3 is 2.45 bits per heavy atom. The summed E-state index contributed by atoms with van der Waals surface area (Å²) in [6.45, 7) is 3.81. The number of rotatable bonds is 5. The molecule has 1 amide bonds. The quantitative estimate of drug-likeness (QED) is 0.451. The Labute approximate surface area is 190 Å². The topological polar surface area (TPSA) is 38.3 Å². The van der Waals surface area contributed by atoms with Crippen LogP contribution in [0.4, 0.5) is 18.9 Å². The molecule has 1 aliphatic rings. The van der Waals surface area contributed by atoms with Gasteiger partial charge in [0.25, 0.3) is 5.91 Å². The molecule has 4 rings (SSSR count). The SMILES string of the molecule is Cc1cc2c(cc1NC(=O)c1ccccc1C(F)(F)F)C=CC(C)(CCc1ccccc1)O2. The van der Waals surface area contributed by atoms with E-state index in [0.717, 1.165) is 24.5 Å². The van der Waals surface area contributed by atoms with E-state index in [1.54, 1.807) is 13.0 Å². The van der Waals surface area contributed by atoms with Crippen molar-refractivity contribution >= 4 is 17.7 Å². The summed E-state index contributed by atoms with van der Waals surface area (Å²) in [6.07, 6.45) is 0.960. The lowest BCUT2D eigenvalue weighted by atomic mass is 9.92. The molecule has 1 atom stereocenters. The van der Waals surface area contributed by atoms with Gasteiger partial charge in [-0.1, -0.05) is 48.5 Å². The molecule has 3 nitrogen and oxygen atoms in total. The van der Waals surface area contributed by atoms with Crippen LogP contribution in [-0.2, 0) is 12.6 Å². The fourth-order valence-corrected chi connectivity index (χ4v) is 3.89. The van der Waals surface area contributed by atoms with Crippen molar-refractivity contribution in [2.24, 2.45) is 0 Å². The first-order chi connectivity index (χ1) is 15.6. The van der Waals surface area contributed by atoms with Gasteiger partial charge in [-0.15, -0.1) is 0 Å². The Hall–Kier alpha value is -3.54. The van der Waals surface area contributed by atoms with E-state index >= 15 is 0 Å². The summed E-state index contributed by atoms with van der Waals surface area (Å²) >= 11 is 0. The Bertz CT molecular complexity index is 1200. The van der Waals surface area contributed by atoms with Gasteiger partial charge in [-0.05, 0) is 68.2 Å². The molecule has 0 saturated heterocycles. The van der Waals surface area contributed by atoms with E-state index in [4.69, 9.17) is 4.74 Å². The summed E-state index contributed by atoms with van der Waals surface area (Å²) in [6, 6.07) is 18.5. The minimum Gasteiger partial charge on any atom is -0.483 e. The first kappa shape index (κ1) is 22.6. The standard InChI is InChI=1S/C27H24F3NO2/c1-18-16-24-20(13-15-26(2,33-24)14-12-19-8-4-3-5-9-19)17-23(18)31-25(32)21-10-6-7-11-22(21)27(28,29)30/h3-11,13,15-17H,12,14H2,1-2H3,(H,31,32). The van der Waals surface area contributed by atoms with Crippen LogP contribution < -0.4 is 10.1 Å². The Morgan fingerprint density at radius 2 is 1.73 bits per heavy atom. The number of halogens is 3. The molecular formula is C27H24F3NO2. The fraction of sp³-hybridized carbons (Fsp3) is 0.222. The minimum absolute atomic E-state index is 0.414. The molecular weight excluding hydrogens is 427 g/mol. The maximum absolute atomic E-state index is 13.3. The maximum Gasteiger partial charge on any atom is 0.417 e. The first-order valence-electron chi connectivity index (χ1n) is 10.7. The van der Waals surface area contributed by atoms with Gasteiger partial charge >= 0.3 is 6.18 Å². The third-order valence-corrected chi connectivity index (χ3v) is 5.79. The molecule has 0 radical (unpaired) electrons. The highest BCUT2D eigenvalue weighted by molar-refractivity contribution is 6.06. The molecule has 1 aliphatic heterocycles. The van der Waals surface area contributed by atoms with Gasteiger partial charge in [0, 0.05) is 11.3 Å². The number of benzene rings is 3. The normalized spacial score (nSPS) is 17.2. The Kier molecular flexibility index (Phi) is 6.02. The van der Waals surface area contributed by atoms with E-state index < -0.39 is 28.8 Å². The number of fused-ring (bicyclic) bond motifs is 1. The monoisotopic (exact) mass is 451 g/mol. The summed E-state index contributed by atoms with van der Waals surface area (Å²) in [4.78, 5) is 12.7. The summed E-state index contributed by atoms with van der Waals surface area (Å²) in [5.74, 6) is -0.126. The second-order valence-electron chi connectivity index (χ2n) is 8.44. The van der Waals surface area contributed by atoms with Crippen molar-refractivity contribution in [3.63, 3.8) is 0 Å². The molecule has 0 aliphatic carbocycles. The van der Waals surface area contributed by atoms with E-state index in [2.05, 4.69) is 17.4 Å². The lowest BCUT2D eigenvalue weighted by Crippen LogP contribution is -2.32. The summed E-state index contributed by atoms with van der Waals surface area (Å²) < 4.78 is 46.2. The minimum atomic E-state index is -4.61. The van der Waals surface area contributed by atoms with Crippen LogP contribution >= 0.6 is 0 Å². The van der Waals surface area contributed by atoms with Crippen LogP contribution in [0, 0.1) is 6.92 Å². The number of hydrogen-bond donors (Lipinski definition) is 1. The van der Waals surface area contributed by atoms with Crippen LogP contribution in [0.3, 0.4) is 0 Å². The van der Waals surface area contributed by atoms with Gasteiger partial charge < -0.3 is 10.1 Å². The average Bonchev–Trinajstić information content (AvgIpc) is 2.79. The zero-order chi connectivity index (χ0) is 23.6. The van der Waals surface area contributed by atoms with Crippen LogP contribution in [-0.4, -0.2) is 11.5 Å². The number of ether oxygens (including phenoxy) is 1. The van der Waals surface area contributed by atoms with Gasteiger partial charge in [0.15, 0.2) is 0 Å². The van der Waals surface area contributed by atoms with E-state index in [9.17, 15) is 18.0 Å². The van der Waals surface area contributed by atoms with Crippen molar-refractivity contribution in [3.8, 4) is 5.75 Å². The number of carbonyl (C=O) groups excluding carboxylic acids is 1. The highest BCUT2D eigenvalue weighted by Gasteiger charge is 2.35. The van der Waals surface area contributed by atoms with Crippen molar-refractivity contribution in [2.45, 2.75) is 38.5 Å². The van der Waals surface area contributed by atoms with Gasteiger partial charge in [0.2, 0.25) is 0 Å². The van der Waals surface area contributed by atoms with Crippen molar-refractivity contribution in [2.75, 3.05) is 5.32 Å². The molecule has 3 aromatic carbocycles. The molecule has 3 aromatic rings. The smallest absolute Gasteiger partial charge is 0.417 e. The van der Waals surface area contributed by atoms with Crippen molar-refractivity contribution < 1.29 is 22.7 Å². The van der Waals surface area contributed by atoms with Gasteiger partial charge in [0.05, 0.1) is 11.1 Å². The number of aryl methyl sites for hydroxylation is 2. The molecule has 0 bridgehead atoms. The third kappa shape index (κ3) is 5.11. The lowest BCUT2D eigenvalue weighted by Gasteiger charge is -2.32. The molecule has 170 valence electrons. The molecule has 6 heteroatoms. The van der Waals surface area contributed by atoms with Crippen LogP contribution in [0.25, 0.3) is 6.08 Å². The molecule has 0 saturated carbocycles. The molecule has 33 heavy (non-hydrogen) atoms. The fourth-order valence-electron chi connectivity index (χ4n) is 3.89. The highest BCUT2D eigenvalue weighted by Crippen LogP contribution is 2.37. The number of carbonyl (C=O) groups is 1. The van der Waals surface area contributed by atoms with E-state index in [-0.39, 0.29) is 0 Å². The van der Waals surface area contributed by atoms with Crippen molar-refractivity contribution in [1.82, 2.24) is 0 Å². The molecule has 0 aromatic heterocycles. The molecule has 0 fully saturated rings. The van der Waals surface area contributed by atoms with Crippen LogP contribution in [0.2, 0.25) is 0 Å². The Balaban J connectivity index is 1.52. The zero-order valence-corrected chi connectivity index (χ0v) is 18.4. The predicted octanol–water partition coefficient (Wildman–Crippen LogP) is 7.06. The molecule has 1 N–H and O–H groups in total. The average molecular weight is 451 g/mol. The second-order valence-corrected chi connectivity index (χ2v) is 8.44. The number of anilines is 1. The van der Waals surface area contributed by atoms with Gasteiger partial charge in [-0.2, -0.15) is 13.2 Å².